The van der Waals surface area contributed by atoms with Crippen molar-refractivity contribution in [2.75, 3.05) is 6.54 Å². The summed E-state index contributed by atoms with van der Waals surface area (Å²) in [5, 5.41) is 7.49. The number of nitrogens with zero attached hydrogens (tertiary/aromatic N) is 4. The number of hydrogen-bond donors (Lipinski definition) is 0. The SMILES string of the molecule is O=C([C@H]1CCN1S(=O)(=O)c1c(F)c(F)c(F)c(F)c1F)N(Cc1ccc(C2CCCCC2)cc1)C1=CC=C2C=NN=C2C1F. The van der Waals surface area contributed by atoms with Crippen LogP contribution in [0.5, 0.6) is 0 Å². The fourth-order valence-corrected chi connectivity index (χ4v) is 7.79. The molecule has 2 heterocycles. The first kappa shape index (κ1) is 30.3. The van der Waals surface area contributed by atoms with Crippen molar-refractivity contribution < 1.29 is 39.6 Å². The number of fused-ring (bicyclic) bond motifs is 1. The minimum Gasteiger partial charge on any atom is -0.307 e. The van der Waals surface area contributed by atoms with Crippen LogP contribution in [-0.2, 0) is 21.4 Å². The first-order valence-corrected chi connectivity index (χ1v) is 15.6. The third-order valence-electron chi connectivity index (χ3n) is 8.56. The van der Waals surface area contributed by atoms with Gasteiger partial charge < -0.3 is 4.90 Å². The van der Waals surface area contributed by atoms with Crippen LogP contribution in [0, 0.1) is 29.1 Å². The summed E-state index contributed by atoms with van der Waals surface area (Å²) >= 11 is 0. The highest BCUT2D eigenvalue weighted by Crippen LogP contribution is 2.37. The van der Waals surface area contributed by atoms with Crippen LogP contribution >= 0.6 is 0 Å². The molecule has 0 radical (unpaired) electrons. The second-order valence-corrected chi connectivity index (χ2v) is 13.0. The number of carbonyl (C=O) groups excluding carboxylic acids is 1. The molecule has 0 spiro atoms. The third kappa shape index (κ3) is 5.07. The molecule has 0 N–H and O–H groups in total. The van der Waals surface area contributed by atoms with E-state index < -0.39 is 68.7 Å². The highest BCUT2D eigenvalue weighted by molar-refractivity contribution is 7.89. The van der Waals surface area contributed by atoms with E-state index >= 15 is 4.39 Å². The molecule has 1 saturated heterocycles. The Hall–Kier alpha value is -3.78. The summed E-state index contributed by atoms with van der Waals surface area (Å²) in [6.07, 6.45) is 7.71. The van der Waals surface area contributed by atoms with Crippen molar-refractivity contribution >= 4 is 27.9 Å². The fourth-order valence-electron chi connectivity index (χ4n) is 6.05. The number of halogens is 6. The van der Waals surface area contributed by atoms with E-state index in [1.165, 1.54) is 24.8 Å². The van der Waals surface area contributed by atoms with Crippen LogP contribution in [0.15, 0.2) is 62.8 Å². The largest absolute Gasteiger partial charge is 0.307 e. The van der Waals surface area contributed by atoms with Crippen LogP contribution in [0.2, 0.25) is 0 Å². The molecule has 7 nitrogen and oxygen atoms in total. The van der Waals surface area contributed by atoms with Gasteiger partial charge in [0, 0.05) is 12.1 Å². The van der Waals surface area contributed by atoms with Gasteiger partial charge >= 0.3 is 0 Å². The standard InChI is InChI=1S/C30H26F6N4O3S/c31-22-20(11-10-19-14-37-38-28(19)22)39(15-16-6-8-18(9-7-16)17-4-2-1-3-5-17)30(41)21-12-13-40(21)44(42,43)29-26(35)24(33)23(32)25(34)27(29)36/h6-11,14,17,21-22H,1-5,12-13,15H2/t21-,22?/m1/s1. The Bertz CT molecular complexity index is 1720. The number of rotatable bonds is 7. The number of amides is 1. The predicted molar refractivity (Wildman–Crippen MR) is 148 cm³/mol. The van der Waals surface area contributed by atoms with Gasteiger partial charge in [-0.1, -0.05) is 43.5 Å². The molecule has 2 aromatic carbocycles. The summed E-state index contributed by atoms with van der Waals surface area (Å²) in [6, 6.07) is 5.86. The predicted octanol–water partition coefficient (Wildman–Crippen LogP) is 5.82. The second kappa shape index (κ2) is 11.6. The minimum atomic E-state index is -5.38. The van der Waals surface area contributed by atoms with E-state index in [4.69, 9.17) is 0 Å². The van der Waals surface area contributed by atoms with Gasteiger partial charge in [0.1, 0.15) is 11.8 Å². The molecule has 2 aromatic rings. The zero-order valence-electron chi connectivity index (χ0n) is 23.1. The zero-order chi connectivity index (χ0) is 31.3. The van der Waals surface area contributed by atoms with Gasteiger partial charge in [0.15, 0.2) is 34.3 Å². The minimum absolute atomic E-state index is 0.0487. The topological polar surface area (TPSA) is 82.4 Å². The Labute approximate surface area is 249 Å². The zero-order valence-corrected chi connectivity index (χ0v) is 23.9. The number of carbonyl (C=O) groups is 1. The number of benzene rings is 2. The van der Waals surface area contributed by atoms with E-state index in [1.54, 1.807) is 12.1 Å². The lowest BCUT2D eigenvalue weighted by molar-refractivity contribution is -0.137. The van der Waals surface area contributed by atoms with Gasteiger partial charge in [-0.3, -0.25) is 4.79 Å². The maximum atomic E-state index is 15.8. The lowest BCUT2D eigenvalue weighted by atomic mass is 9.84. The van der Waals surface area contributed by atoms with Crippen molar-refractivity contribution in [3.05, 3.63) is 87.9 Å². The molecule has 14 heteroatoms. The normalized spacial score (nSPS) is 22.2. The van der Waals surface area contributed by atoms with Gasteiger partial charge in [-0.25, -0.2) is 34.8 Å². The van der Waals surface area contributed by atoms with E-state index in [-0.39, 0.29) is 24.4 Å². The highest BCUT2D eigenvalue weighted by Gasteiger charge is 2.49. The molecule has 44 heavy (non-hydrogen) atoms. The molecule has 2 aliphatic heterocycles. The van der Waals surface area contributed by atoms with Crippen molar-refractivity contribution in [1.82, 2.24) is 9.21 Å². The van der Waals surface area contributed by atoms with Gasteiger partial charge in [0.2, 0.25) is 21.7 Å². The monoisotopic (exact) mass is 636 g/mol. The van der Waals surface area contributed by atoms with Crippen molar-refractivity contribution in [3.8, 4) is 0 Å². The van der Waals surface area contributed by atoms with Gasteiger partial charge in [-0.2, -0.15) is 14.5 Å². The van der Waals surface area contributed by atoms with Gasteiger partial charge in [-0.15, -0.1) is 0 Å². The van der Waals surface area contributed by atoms with Crippen LogP contribution < -0.4 is 0 Å². The summed E-state index contributed by atoms with van der Waals surface area (Å²) in [6.45, 7) is -0.634. The van der Waals surface area contributed by atoms with E-state index in [0.29, 0.717) is 21.4 Å². The van der Waals surface area contributed by atoms with Crippen LogP contribution in [0.3, 0.4) is 0 Å². The third-order valence-corrected chi connectivity index (χ3v) is 10.5. The molecule has 232 valence electrons. The number of sulfonamides is 1. The molecule has 6 rings (SSSR count). The molecule has 1 unspecified atom stereocenters. The van der Waals surface area contributed by atoms with Gasteiger partial charge in [-0.05, 0) is 48.5 Å². The fraction of sp³-hybridized carbons (Fsp3) is 0.367. The smallest absolute Gasteiger partial charge is 0.249 e. The summed E-state index contributed by atoms with van der Waals surface area (Å²) in [7, 11) is -5.38. The Morgan fingerprint density at radius 1 is 0.886 bits per heavy atom. The quantitative estimate of drug-likeness (QED) is 0.218. The van der Waals surface area contributed by atoms with E-state index in [9.17, 15) is 35.2 Å². The summed E-state index contributed by atoms with van der Waals surface area (Å²) in [5.74, 6) is -13.0. The maximum Gasteiger partial charge on any atom is 0.249 e. The Morgan fingerprint density at radius 2 is 1.52 bits per heavy atom. The summed E-state index contributed by atoms with van der Waals surface area (Å²) in [5.41, 5.74) is 1.91. The van der Waals surface area contributed by atoms with E-state index in [2.05, 4.69) is 10.2 Å². The van der Waals surface area contributed by atoms with Crippen LogP contribution in [0.25, 0.3) is 0 Å². The molecular weight excluding hydrogens is 610 g/mol. The Morgan fingerprint density at radius 3 is 2.14 bits per heavy atom. The number of hydrogen-bond acceptors (Lipinski definition) is 5. The Balaban J connectivity index is 1.33. The lowest BCUT2D eigenvalue weighted by Crippen LogP contribution is -2.59. The van der Waals surface area contributed by atoms with Crippen LogP contribution in [-0.4, -0.2) is 54.2 Å². The summed E-state index contributed by atoms with van der Waals surface area (Å²) in [4.78, 5) is 12.9. The van der Waals surface area contributed by atoms with Gasteiger partial charge in [0.25, 0.3) is 0 Å². The molecule has 2 fully saturated rings. The van der Waals surface area contributed by atoms with E-state index in [1.807, 2.05) is 12.1 Å². The molecular formula is C30H26F6N4O3S. The summed E-state index contributed by atoms with van der Waals surface area (Å²) < 4.78 is 113. The second-order valence-electron chi connectivity index (χ2n) is 11.1. The molecule has 1 saturated carbocycles. The van der Waals surface area contributed by atoms with Gasteiger partial charge in [0.05, 0.1) is 18.5 Å². The van der Waals surface area contributed by atoms with Crippen molar-refractivity contribution in [2.45, 2.75) is 68.1 Å². The maximum absolute atomic E-state index is 15.8. The molecule has 2 atom stereocenters. The highest BCUT2D eigenvalue weighted by atomic mass is 32.2. The van der Waals surface area contributed by atoms with Crippen molar-refractivity contribution in [2.24, 2.45) is 10.2 Å². The van der Waals surface area contributed by atoms with E-state index in [0.717, 1.165) is 36.1 Å². The van der Waals surface area contributed by atoms with Crippen LogP contribution in [0.1, 0.15) is 55.6 Å². The van der Waals surface area contributed by atoms with Crippen molar-refractivity contribution in [1.29, 1.82) is 0 Å². The molecule has 0 bridgehead atoms. The number of allylic oxidation sites excluding steroid dienone is 4. The number of alkyl halides is 1. The molecule has 0 aromatic heterocycles. The first-order valence-electron chi connectivity index (χ1n) is 14.1. The average Bonchev–Trinajstić information content (AvgIpc) is 3.48. The first-order chi connectivity index (χ1) is 21.0. The molecule has 2 aliphatic carbocycles. The Kier molecular flexibility index (Phi) is 7.99. The molecule has 1 amide bonds. The van der Waals surface area contributed by atoms with Crippen LogP contribution in [0.4, 0.5) is 26.3 Å². The lowest BCUT2D eigenvalue weighted by Gasteiger charge is -2.42. The molecule has 4 aliphatic rings. The van der Waals surface area contributed by atoms with Crippen molar-refractivity contribution in [3.63, 3.8) is 0 Å². The average molecular weight is 637 g/mol.